The third kappa shape index (κ3) is 2.48. The Labute approximate surface area is 92.8 Å². The number of aromatic nitrogens is 1. The molecule has 0 fully saturated rings. The molecule has 0 radical (unpaired) electrons. The van der Waals surface area contributed by atoms with Gasteiger partial charge in [0.15, 0.2) is 0 Å². The van der Waals surface area contributed by atoms with Gasteiger partial charge in [-0.1, -0.05) is 12.2 Å². The van der Waals surface area contributed by atoms with Crippen molar-refractivity contribution in [2.75, 3.05) is 24.2 Å². The summed E-state index contributed by atoms with van der Waals surface area (Å²) in [5, 5.41) is 0. The van der Waals surface area contributed by atoms with Gasteiger partial charge in [-0.3, -0.25) is 4.98 Å². The van der Waals surface area contributed by atoms with Crippen molar-refractivity contribution >= 4 is 27.3 Å². The number of likely N-dealkylation sites (N-methyl/N-ethyl adjacent to an activating group) is 1. The van der Waals surface area contributed by atoms with E-state index in [0.29, 0.717) is 5.69 Å². The zero-order valence-corrected chi connectivity index (χ0v) is 10.0. The smallest absolute Gasteiger partial charge is 0.0776 e. The Morgan fingerprint density at radius 2 is 2.29 bits per heavy atom. The van der Waals surface area contributed by atoms with E-state index in [-0.39, 0.29) is 0 Å². The van der Waals surface area contributed by atoms with Crippen LogP contribution in [0.5, 0.6) is 0 Å². The molecule has 0 atom stereocenters. The number of anilines is 2. The average molecular weight is 256 g/mol. The highest BCUT2D eigenvalue weighted by Crippen LogP contribution is 2.30. The number of halogens is 1. The molecule has 0 amide bonds. The molecule has 0 aliphatic heterocycles. The van der Waals surface area contributed by atoms with Crippen molar-refractivity contribution in [3.8, 4) is 0 Å². The fourth-order valence-corrected chi connectivity index (χ4v) is 1.98. The summed E-state index contributed by atoms with van der Waals surface area (Å²) in [6.07, 6.45) is 3.38. The molecule has 0 saturated carbocycles. The summed E-state index contributed by atoms with van der Waals surface area (Å²) in [4.78, 5) is 6.03. The number of nitrogen functional groups attached to an aromatic ring is 1. The first-order valence-electron chi connectivity index (χ1n) is 4.27. The Balaban J connectivity index is 2.99. The van der Waals surface area contributed by atoms with Gasteiger partial charge in [-0.2, -0.15) is 0 Å². The summed E-state index contributed by atoms with van der Waals surface area (Å²) in [7, 11) is 1.98. The topological polar surface area (TPSA) is 42.1 Å². The van der Waals surface area contributed by atoms with Gasteiger partial charge in [0, 0.05) is 19.8 Å². The van der Waals surface area contributed by atoms with Crippen LogP contribution in [-0.4, -0.2) is 18.6 Å². The summed E-state index contributed by atoms with van der Waals surface area (Å²) in [6.45, 7) is 6.64. The van der Waals surface area contributed by atoms with Crippen LogP contribution in [-0.2, 0) is 0 Å². The number of hydrogen-bond acceptors (Lipinski definition) is 3. The van der Waals surface area contributed by atoms with Crippen LogP contribution in [0.1, 0.15) is 6.92 Å². The summed E-state index contributed by atoms with van der Waals surface area (Å²) in [6, 6.07) is 0. The van der Waals surface area contributed by atoms with Crippen molar-refractivity contribution in [1.82, 2.24) is 4.98 Å². The Morgan fingerprint density at radius 1 is 1.64 bits per heavy atom. The molecule has 0 aliphatic rings. The monoisotopic (exact) mass is 255 g/mol. The van der Waals surface area contributed by atoms with Crippen molar-refractivity contribution in [3.63, 3.8) is 0 Å². The lowest BCUT2D eigenvalue weighted by Gasteiger charge is -2.22. The van der Waals surface area contributed by atoms with E-state index in [4.69, 9.17) is 5.73 Å². The fourth-order valence-electron chi connectivity index (χ4n) is 1.33. The zero-order valence-electron chi connectivity index (χ0n) is 8.42. The van der Waals surface area contributed by atoms with E-state index in [0.717, 1.165) is 22.3 Å². The molecule has 2 N–H and O–H groups in total. The fraction of sp³-hybridized carbons (Fsp3) is 0.300. The van der Waals surface area contributed by atoms with Crippen LogP contribution in [0.4, 0.5) is 11.4 Å². The first kappa shape index (κ1) is 11.0. The number of hydrogen-bond donors (Lipinski definition) is 1. The van der Waals surface area contributed by atoms with E-state index in [1.165, 1.54) is 0 Å². The quantitative estimate of drug-likeness (QED) is 0.844. The lowest BCUT2D eigenvalue weighted by atomic mass is 10.2. The first-order valence-corrected chi connectivity index (χ1v) is 5.06. The van der Waals surface area contributed by atoms with Crippen LogP contribution in [0.2, 0.25) is 0 Å². The highest BCUT2D eigenvalue weighted by atomic mass is 79.9. The van der Waals surface area contributed by atoms with Crippen molar-refractivity contribution in [2.45, 2.75) is 6.92 Å². The minimum absolute atomic E-state index is 0.670. The molecule has 1 heterocycles. The maximum atomic E-state index is 5.83. The lowest BCUT2D eigenvalue weighted by Crippen LogP contribution is -2.20. The largest absolute Gasteiger partial charge is 0.396 e. The predicted octanol–water partition coefficient (Wildman–Crippen LogP) is 2.44. The predicted molar refractivity (Wildman–Crippen MR) is 64.4 cm³/mol. The molecule has 0 unspecified atom stereocenters. The molecule has 3 nitrogen and oxygen atoms in total. The Bertz CT molecular complexity index is 329. The SMILES string of the molecule is C=C(C)CN(C)c1c(N)cncc1Br. The number of rotatable bonds is 3. The normalized spacial score (nSPS) is 9.93. The van der Waals surface area contributed by atoms with Gasteiger partial charge < -0.3 is 10.6 Å². The minimum Gasteiger partial charge on any atom is -0.396 e. The van der Waals surface area contributed by atoms with E-state index >= 15 is 0 Å². The summed E-state index contributed by atoms with van der Waals surface area (Å²) >= 11 is 3.42. The molecular weight excluding hydrogens is 242 g/mol. The number of nitrogens with two attached hydrogens (primary N) is 1. The van der Waals surface area contributed by atoms with Gasteiger partial charge in [0.1, 0.15) is 0 Å². The Hall–Kier alpha value is -1.03. The molecule has 1 rings (SSSR count). The highest BCUT2D eigenvalue weighted by molar-refractivity contribution is 9.10. The van der Waals surface area contributed by atoms with Crippen LogP contribution >= 0.6 is 15.9 Å². The third-order valence-electron chi connectivity index (χ3n) is 1.79. The average Bonchev–Trinajstić information content (AvgIpc) is 2.01. The van der Waals surface area contributed by atoms with Gasteiger partial charge in [0.2, 0.25) is 0 Å². The van der Waals surface area contributed by atoms with E-state index in [1.807, 2.05) is 18.9 Å². The summed E-state index contributed by atoms with van der Waals surface area (Å²) < 4.78 is 0.904. The van der Waals surface area contributed by atoms with Crippen LogP contribution < -0.4 is 10.6 Å². The van der Waals surface area contributed by atoms with E-state index in [9.17, 15) is 0 Å². The third-order valence-corrected chi connectivity index (χ3v) is 2.37. The van der Waals surface area contributed by atoms with Gasteiger partial charge in [0.05, 0.1) is 22.0 Å². The van der Waals surface area contributed by atoms with Crippen molar-refractivity contribution < 1.29 is 0 Å². The second-order valence-electron chi connectivity index (χ2n) is 3.37. The summed E-state index contributed by atoms with van der Waals surface area (Å²) in [5.41, 5.74) is 8.56. The van der Waals surface area contributed by atoms with Crippen molar-refractivity contribution in [3.05, 3.63) is 29.0 Å². The van der Waals surface area contributed by atoms with E-state index in [2.05, 4.69) is 27.5 Å². The minimum atomic E-state index is 0.670. The lowest BCUT2D eigenvalue weighted by molar-refractivity contribution is 0.980. The zero-order chi connectivity index (χ0) is 10.7. The number of pyridine rings is 1. The highest BCUT2D eigenvalue weighted by Gasteiger charge is 2.09. The molecule has 4 heteroatoms. The van der Waals surface area contributed by atoms with Gasteiger partial charge in [-0.05, 0) is 22.9 Å². The molecule has 14 heavy (non-hydrogen) atoms. The second-order valence-corrected chi connectivity index (χ2v) is 4.23. The molecule has 0 spiro atoms. The molecule has 0 aromatic carbocycles. The van der Waals surface area contributed by atoms with Crippen molar-refractivity contribution in [1.29, 1.82) is 0 Å². The number of nitrogens with zero attached hydrogens (tertiary/aromatic N) is 2. The van der Waals surface area contributed by atoms with Crippen LogP contribution in [0.3, 0.4) is 0 Å². The van der Waals surface area contributed by atoms with Gasteiger partial charge >= 0.3 is 0 Å². The molecule has 1 aromatic heterocycles. The van der Waals surface area contributed by atoms with E-state index < -0.39 is 0 Å². The standard InChI is InChI=1S/C10H14BrN3/c1-7(2)6-14(3)10-8(11)4-13-5-9(10)12/h4-5H,1,6,12H2,2-3H3. The van der Waals surface area contributed by atoms with Crippen LogP contribution in [0, 0.1) is 0 Å². The van der Waals surface area contributed by atoms with Gasteiger partial charge in [-0.25, -0.2) is 0 Å². The molecule has 76 valence electrons. The molecule has 0 saturated heterocycles. The van der Waals surface area contributed by atoms with Gasteiger partial charge in [0.25, 0.3) is 0 Å². The van der Waals surface area contributed by atoms with Crippen LogP contribution in [0.25, 0.3) is 0 Å². The molecule has 1 aromatic rings. The Morgan fingerprint density at radius 3 is 2.79 bits per heavy atom. The van der Waals surface area contributed by atoms with Crippen LogP contribution in [0.15, 0.2) is 29.0 Å². The van der Waals surface area contributed by atoms with Crippen molar-refractivity contribution in [2.24, 2.45) is 0 Å². The Kier molecular flexibility index (Phi) is 3.52. The summed E-state index contributed by atoms with van der Waals surface area (Å²) in [5.74, 6) is 0. The first-order chi connectivity index (χ1) is 6.52. The molecule has 0 aliphatic carbocycles. The molecular formula is C10H14BrN3. The van der Waals surface area contributed by atoms with Gasteiger partial charge in [-0.15, -0.1) is 0 Å². The second kappa shape index (κ2) is 4.46. The maximum Gasteiger partial charge on any atom is 0.0776 e. The van der Waals surface area contributed by atoms with E-state index in [1.54, 1.807) is 12.4 Å². The maximum absolute atomic E-state index is 5.83. The molecule has 0 bridgehead atoms.